The molecule has 2 aromatic rings. The molecule has 1 aliphatic rings. The van der Waals surface area contributed by atoms with Gasteiger partial charge in [0.25, 0.3) is 5.91 Å². The average Bonchev–Trinajstić information content (AvgIpc) is 2.67. The Hall–Kier alpha value is -3.29. The molecule has 2 amide bonds. The molecule has 0 saturated carbocycles. The van der Waals surface area contributed by atoms with Gasteiger partial charge < -0.3 is 15.3 Å². The quantitative estimate of drug-likeness (QED) is 0.824. The molecular formula is C20H18F2N2O4. The van der Waals surface area contributed by atoms with E-state index >= 15 is 0 Å². The van der Waals surface area contributed by atoms with Gasteiger partial charge in [-0.3, -0.25) is 9.59 Å². The molecule has 146 valence electrons. The number of hydrogen-bond donors (Lipinski definition) is 2. The van der Waals surface area contributed by atoms with E-state index in [9.17, 15) is 23.2 Å². The van der Waals surface area contributed by atoms with Gasteiger partial charge in [-0.2, -0.15) is 0 Å². The number of benzene rings is 2. The number of nitrogens with one attached hydrogen (secondary N) is 1. The third-order valence-electron chi connectivity index (χ3n) is 4.61. The summed E-state index contributed by atoms with van der Waals surface area (Å²) in [6.07, 6.45) is 1.07. The first kappa shape index (κ1) is 19.5. The Morgan fingerprint density at radius 1 is 1.11 bits per heavy atom. The van der Waals surface area contributed by atoms with E-state index in [1.54, 1.807) is 0 Å². The van der Waals surface area contributed by atoms with Crippen LogP contribution in [0.1, 0.15) is 39.1 Å². The monoisotopic (exact) mass is 388 g/mol. The van der Waals surface area contributed by atoms with Gasteiger partial charge in [0.2, 0.25) is 5.91 Å². The molecule has 2 N–H and O–H groups in total. The predicted octanol–water partition coefficient (Wildman–Crippen LogP) is 2.58. The van der Waals surface area contributed by atoms with Gasteiger partial charge in [0, 0.05) is 30.3 Å². The maximum Gasteiger partial charge on any atom is 0.335 e. The zero-order chi connectivity index (χ0) is 20.3. The minimum Gasteiger partial charge on any atom is -0.478 e. The van der Waals surface area contributed by atoms with Crippen LogP contribution in [0.3, 0.4) is 0 Å². The number of nitrogens with zero attached hydrogens (tertiary/aromatic N) is 1. The van der Waals surface area contributed by atoms with Crippen molar-refractivity contribution in [2.24, 2.45) is 0 Å². The number of likely N-dealkylation sites (tertiary alicyclic amines) is 1. The Balaban J connectivity index is 1.66. The largest absolute Gasteiger partial charge is 0.478 e. The molecule has 0 aliphatic carbocycles. The minimum absolute atomic E-state index is 0.00930. The summed E-state index contributed by atoms with van der Waals surface area (Å²) in [5.41, 5.74) is 0.489. The second kappa shape index (κ2) is 8.16. The zero-order valence-electron chi connectivity index (χ0n) is 14.8. The molecule has 0 bridgehead atoms. The number of halogens is 2. The van der Waals surface area contributed by atoms with Crippen LogP contribution < -0.4 is 5.32 Å². The topological polar surface area (TPSA) is 86.7 Å². The van der Waals surface area contributed by atoms with Crippen molar-refractivity contribution >= 4 is 17.8 Å². The maximum absolute atomic E-state index is 13.9. The summed E-state index contributed by atoms with van der Waals surface area (Å²) in [7, 11) is 0. The van der Waals surface area contributed by atoms with Gasteiger partial charge in [0.1, 0.15) is 17.7 Å². The average molecular weight is 388 g/mol. The Morgan fingerprint density at radius 3 is 2.43 bits per heavy atom. The van der Waals surface area contributed by atoms with Gasteiger partial charge in [-0.1, -0.05) is 6.07 Å². The van der Waals surface area contributed by atoms with Crippen molar-refractivity contribution in [3.05, 3.63) is 70.8 Å². The molecule has 1 heterocycles. The van der Waals surface area contributed by atoms with Gasteiger partial charge in [0.15, 0.2) is 0 Å². The van der Waals surface area contributed by atoms with Crippen LogP contribution in [0.4, 0.5) is 8.78 Å². The van der Waals surface area contributed by atoms with Gasteiger partial charge in [0.05, 0.1) is 5.56 Å². The van der Waals surface area contributed by atoms with E-state index in [4.69, 9.17) is 5.11 Å². The minimum atomic E-state index is -1.10. The molecule has 1 aliphatic heterocycles. The molecule has 1 atom stereocenters. The van der Waals surface area contributed by atoms with Crippen LogP contribution in [0.5, 0.6) is 0 Å². The van der Waals surface area contributed by atoms with Crippen molar-refractivity contribution in [1.82, 2.24) is 10.2 Å². The lowest BCUT2D eigenvalue weighted by Crippen LogP contribution is -2.51. The summed E-state index contributed by atoms with van der Waals surface area (Å²) in [6, 6.07) is 7.80. The lowest BCUT2D eigenvalue weighted by Gasteiger charge is -2.32. The summed E-state index contributed by atoms with van der Waals surface area (Å²) in [4.78, 5) is 37.3. The first-order valence-electron chi connectivity index (χ1n) is 8.72. The SMILES string of the molecule is O=C(O)c1ccc(C(=O)NC2CCCN(Cc3ccc(F)cc3F)C2=O)cc1. The Morgan fingerprint density at radius 2 is 1.79 bits per heavy atom. The van der Waals surface area contributed by atoms with Gasteiger partial charge >= 0.3 is 5.97 Å². The van der Waals surface area contributed by atoms with E-state index in [2.05, 4.69) is 5.32 Å². The number of rotatable bonds is 5. The number of carboxylic acid groups (broad SMARTS) is 1. The first-order chi connectivity index (χ1) is 13.3. The van der Waals surface area contributed by atoms with Crippen LogP contribution in [-0.4, -0.2) is 40.4 Å². The third-order valence-corrected chi connectivity index (χ3v) is 4.61. The Bertz CT molecular complexity index is 915. The van der Waals surface area contributed by atoms with Crippen molar-refractivity contribution in [1.29, 1.82) is 0 Å². The molecule has 1 fully saturated rings. The lowest BCUT2D eigenvalue weighted by atomic mass is 10.0. The highest BCUT2D eigenvalue weighted by atomic mass is 19.1. The van der Waals surface area contributed by atoms with Crippen LogP contribution >= 0.6 is 0 Å². The van der Waals surface area contributed by atoms with Crippen molar-refractivity contribution < 1.29 is 28.3 Å². The number of hydrogen-bond acceptors (Lipinski definition) is 3. The highest BCUT2D eigenvalue weighted by Crippen LogP contribution is 2.18. The van der Waals surface area contributed by atoms with Crippen LogP contribution in [0, 0.1) is 11.6 Å². The maximum atomic E-state index is 13.9. The molecule has 1 saturated heterocycles. The fourth-order valence-corrected chi connectivity index (χ4v) is 3.09. The van der Waals surface area contributed by atoms with E-state index in [0.29, 0.717) is 19.4 Å². The van der Waals surface area contributed by atoms with Gasteiger partial charge in [-0.15, -0.1) is 0 Å². The molecule has 1 unspecified atom stereocenters. The fourth-order valence-electron chi connectivity index (χ4n) is 3.09. The molecule has 8 heteroatoms. The Kier molecular flexibility index (Phi) is 5.67. The number of carbonyl (C=O) groups is 3. The normalized spacial score (nSPS) is 16.7. The second-order valence-corrected chi connectivity index (χ2v) is 6.55. The summed E-state index contributed by atoms with van der Waals surface area (Å²) < 4.78 is 26.9. The van der Waals surface area contributed by atoms with E-state index in [0.717, 1.165) is 12.1 Å². The van der Waals surface area contributed by atoms with Crippen molar-refractivity contribution in [3.63, 3.8) is 0 Å². The number of carbonyl (C=O) groups excluding carboxylic acids is 2. The van der Waals surface area contributed by atoms with Crippen LogP contribution in [0.25, 0.3) is 0 Å². The predicted molar refractivity (Wildman–Crippen MR) is 95.7 cm³/mol. The lowest BCUT2D eigenvalue weighted by molar-refractivity contribution is -0.136. The van der Waals surface area contributed by atoms with Gasteiger partial charge in [-0.05, 0) is 43.2 Å². The zero-order valence-corrected chi connectivity index (χ0v) is 14.8. The molecule has 28 heavy (non-hydrogen) atoms. The molecule has 0 spiro atoms. The number of amides is 2. The first-order valence-corrected chi connectivity index (χ1v) is 8.72. The molecule has 2 aromatic carbocycles. The summed E-state index contributed by atoms with van der Waals surface area (Å²) in [5, 5.41) is 11.5. The molecule has 0 aromatic heterocycles. The standard InChI is InChI=1S/C20H18F2N2O4/c21-15-8-7-14(16(22)10-15)11-24-9-1-2-17(19(24)26)23-18(25)12-3-5-13(6-4-12)20(27)28/h3-8,10,17H,1-2,9,11H2,(H,23,25)(H,27,28). The van der Waals surface area contributed by atoms with Crippen molar-refractivity contribution in [3.8, 4) is 0 Å². The van der Waals surface area contributed by atoms with Crippen LogP contribution in [0.2, 0.25) is 0 Å². The summed E-state index contributed by atoms with van der Waals surface area (Å²) >= 11 is 0. The van der Waals surface area contributed by atoms with Crippen LogP contribution in [0.15, 0.2) is 42.5 Å². The number of carboxylic acids is 1. The fraction of sp³-hybridized carbons (Fsp3) is 0.250. The molecule has 6 nitrogen and oxygen atoms in total. The molecule has 0 radical (unpaired) electrons. The van der Waals surface area contributed by atoms with E-state index in [-0.39, 0.29) is 29.1 Å². The molecular weight excluding hydrogens is 370 g/mol. The van der Waals surface area contributed by atoms with E-state index in [1.165, 1.54) is 35.2 Å². The van der Waals surface area contributed by atoms with Crippen LogP contribution in [-0.2, 0) is 11.3 Å². The van der Waals surface area contributed by atoms with E-state index < -0.39 is 29.6 Å². The summed E-state index contributed by atoms with van der Waals surface area (Å²) in [6.45, 7) is 0.403. The smallest absolute Gasteiger partial charge is 0.335 e. The molecule has 3 rings (SSSR count). The van der Waals surface area contributed by atoms with Crippen molar-refractivity contribution in [2.45, 2.75) is 25.4 Å². The van der Waals surface area contributed by atoms with Gasteiger partial charge in [-0.25, -0.2) is 13.6 Å². The Labute approximate surface area is 159 Å². The van der Waals surface area contributed by atoms with E-state index in [1.807, 2.05) is 0 Å². The summed E-state index contributed by atoms with van der Waals surface area (Å²) in [5.74, 6) is -3.35. The highest BCUT2D eigenvalue weighted by Gasteiger charge is 2.30. The number of piperidine rings is 1. The third kappa shape index (κ3) is 4.33. The highest BCUT2D eigenvalue weighted by molar-refractivity contribution is 5.98. The number of aromatic carboxylic acids is 1. The van der Waals surface area contributed by atoms with Crippen molar-refractivity contribution in [2.75, 3.05) is 6.54 Å². The second-order valence-electron chi connectivity index (χ2n) is 6.55.